The standard InChI is InChI=1S/C19H17N3O6/c1-11-7-9-15(28-11)18-21-20-16(10-8-12(23)19(24)25)22(18)17-13(26-2)5-4-6-14(17)27-3/h4-10H,1-3H3,(H,24,25)/b10-8+. The first-order chi connectivity index (χ1) is 13.5. The normalized spacial score (nSPS) is 11.0. The zero-order valence-corrected chi connectivity index (χ0v) is 15.4. The summed E-state index contributed by atoms with van der Waals surface area (Å²) in [5.74, 6) is -0.0987. The fourth-order valence-electron chi connectivity index (χ4n) is 2.61. The topological polar surface area (TPSA) is 117 Å². The van der Waals surface area contributed by atoms with Crippen LogP contribution in [0.5, 0.6) is 11.5 Å². The van der Waals surface area contributed by atoms with E-state index in [9.17, 15) is 9.59 Å². The number of benzene rings is 1. The molecule has 0 aliphatic carbocycles. The molecule has 0 aliphatic heterocycles. The number of aryl methyl sites for hydroxylation is 1. The predicted octanol–water partition coefficient (Wildman–Crippen LogP) is 2.52. The molecule has 0 aliphatic rings. The summed E-state index contributed by atoms with van der Waals surface area (Å²) in [6.45, 7) is 1.79. The lowest BCUT2D eigenvalue weighted by Crippen LogP contribution is -2.09. The van der Waals surface area contributed by atoms with E-state index < -0.39 is 11.8 Å². The number of furan rings is 1. The molecule has 9 heteroatoms. The summed E-state index contributed by atoms with van der Waals surface area (Å²) in [6.07, 6.45) is 2.16. The summed E-state index contributed by atoms with van der Waals surface area (Å²) in [6, 6.07) is 8.71. The molecule has 3 rings (SSSR count). The number of hydrogen-bond acceptors (Lipinski definition) is 7. The maximum absolute atomic E-state index is 11.5. The molecule has 0 saturated carbocycles. The van der Waals surface area contributed by atoms with Crippen LogP contribution >= 0.6 is 0 Å². The van der Waals surface area contributed by atoms with Gasteiger partial charge in [0, 0.05) is 0 Å². The zero-order valence-electron chi connectivity index (χ0n) is 15.4. The minimum atomic E-state index is -1.57. The van der Waals surface area contributed by atoms with Gasteiger partial charge in [-0.25, -0.2) is 4.79 Å². The molecule has 0 unspecified atom stereocenters. The zero-order chi connectivity index (χ0) is 20.3. The van der Waals surface area contributed by atoms with Gasteiger partial charge in [0.1, 0.15) is 22.9 Å². The Morgan fingerprint density at radius 1 is 1.11 bits per heavy atom. The molecule has 0 bridgehead atoms. The number of para-hydroxylation sites is 1. The smallest absolute Gasteiger partial charge is 0.376 e. The van der Waals surface area contributed by atoms with Gasteiger partial charge in [-0.15, -0.1) is 10.2 Å². The van der Waals surface area contributed by atoms with Crippen LogP contribution in [0.1, 0.15) is 11.6 Å². The lowest BCUT2D eigenvalue weighted by atomic mass is 10.2. The minimum absolute atomic E-state index is 0.196. The molecular weight excluding hydrogens is 366 g/mol. The van der Waals surface area contributed by atoms with E-state index >= 15 is 0 Å². The molecule has 0 spiro atoms. The second-order valence-corrected chi connectivity index (χ2v) is 5.64. The maximum Gasteiger partial charge on any atom is 0.376 e. The number of ether oxygens (including phenoxy) is 2. The third-order valence-corrected chi connectivity index (χ3v) is 3.87. The van der Waals surface area contributed by atoms with Crippen LogP contribution in [-0.4, -0.2) is 45.8 Å². The van der Waals surface area contributed by atoms with Crippen molar-refractivity contribution in [2.24, 2.45) is 0 Å². The van der Waals surface area contributed by atoms with Gasteiger partial charge < -0.3 is 19.0 Å². The molecule has 1 N–H and O–H groups in total. The second-order valence-electron chi connectivity index (χ2n) is 5.64. The number of methoxy groups -OCH3 is 2. The molecule has 0 atom stereocenters. The van der Waals surface area contributed by atoms with E-state index in [0.717, 1.165) is 6.08 Å². The first-order valence-electron chi connectivity index (χ1n) is 8.15. The fraction of sp³-hybridized carbons (Fsp3) is 0.158. The van der Waals surface area contributed by atoms with Crippen LogP contribution in [0.25, 0.3) is 23.3 Å². The van der Waals surface area contributed by atoms with Crippen LogP contribution in [0, 0.1) is 6.92 Å². The van der Waals surface area contributed by atoms with Gasteiger partial charge in [-0.05, 0) is 43.3 Å². The van der Waals surface area contributed by atoms with Crippen molar-refractivity contribution in [3.63, 3.8) is 0 Å². The van der Waals surface area contributed by atoms with Crippen molar-refractivity contribution in [2.45, 2.75) is 6.92 Å². The Kier molecular flexibility index (Phi) is 5.25. The molecule has 2 aromatic heterocycles. The summed E-state index contributed by atoms with van der Waals surface area (Å²) >= 11 is 0. The molecule has 144 valence electrons. The van der Waals surface area contributed by atoms with Crippen LogP contribution in [0.2, 0.25) is 0 Å². The van der Waals surface area contributed by atoms with Crippen molar-refractivity contribution in [3.8, 4) is 28.8 Å². The Morgan fingerprint density at radius 3 is 2.32 bits per heavy atom. The summed E-state index contributed by atoms with van der Waals surface area (Å²) in [7, 11) is 3.01. The average molecular weight is 383 g/mol. The van der Waals surface area contributed by atoms with Crippen LogP contribution in [-0.2, 0) is 9.59 Å². The Labute approximate surface area is 159 Å². The fourth-order valence-corrected chi connectivity index (χ4v) is 2.61. The monoisotopic (exact) mass is 383 g/mol. The number of carboxylic acid groups (broad SMARTS) is 1. The SMILES string of the molecule is COc1cccc(OC)c1-n1c(/C=C/C(=O)C(=O)O)nnc1-c1ccc(C)o1. The van der Waals surface area contributed by atoms with Crippen molar-refractivity contribution in [2.75, 3.05) is 14.2 Å². The van der Waals surface area contributed by atoms with E-state index in [2.05, 4.69) is 10.2 Å². The number of nitrogens with zero attached hydrogens (tertiary/aromatic N) is 3. The number of aromatic nitrogens is 3. The van der Waals surface area contributed by atoms with E-state index in [0.29, 0.717) is 34.5 Å². The van der Waals surface area contributed by atoms with E-state index in [1.54, 1.807) is 41.8 Å². The number of ketones is 1. The molecule has 3 aromatic rings. The van der Waals surface area contributed by atoms with Gasteiger partial charge in [-0.2, -0.15) is 0 Å². The van der Waals surface area contributed by atoms with Crippen LogP contribution < -0.4 is 9.47 Å². The number of carbonyl (C=O) groups is 2. The number of aliphatic carboxylic acids is 1. The predicted molar refractivity (Wildman–Crippen MR) is 98.6 cm³/mol. The van der Waals surface area contributed by atoms with Crippen molar-refractivity contribution in [1.82, 2.24) is 14.8 Å². The summed E-state index contributed by atoms with van der Waals surface area (Å²) in [5, 5.41) is 17.0. The Balaban J connectivity index is 2.27. The molecule has 2 heterocycles. The third kappa shape index (κ3) is 3.50. The van der Waals surface area contributed by atoms with E-state index in [-0.39, 0.29) is 5.82 Å². The average Bonchev–Trinajstić information content (AvgIpc) is 3.30. The van der Waals surface area contributed by atoms with Gasteiger partial charge in [0.2, 0.25) is 5.82 Å². The van der Waals surface area contributed by atoms with Crippen molar-refractivity contribution < 1.29 is 28.6 Å². The third-order valence-electron chi connectivity index (χ3n) is 3.87. The quantitative estimate of drug-likeness (QED) is 0.489. The van der Waals surface area contributed by atoms with Gasteiger partial charge >= 0.3 is 5.97 Å². The van der Waals surface area contributed by atoms with E-state index in [1.807, 2.05) is 0 Å². The van der Waals surface area contributed by atoms with Crippen molar-refractivity contribution in [1.29, 1.82) is 0 Å². The Bertz CT molecular complexity index is 1040. The van der Waals surface area contributed by atoms with Crippen molar-refractivity contribution in [3.05, 3.63) is 48.0 Å². The molecule has 0 radical (unpaired) electrons. The molecule has 0 saturated heterocycles. The highest BCUT2D eigenvalue weighted by atomic mass is 16.5. The summed E-state index contributed by atoms with van der Waals surface area (Å²) in [4.78, 5) is 22.3. The highest BCUT2D eigenvalue weighted by Gasteiger charge is 2.23. The molecule has 28 heavy (non-hydrogen) atoms. The molecule has 0 fully saturated rings. The molecule has 0 amide bonds. The first kappa shape index (κ1) is 18.9. The Morgan fingerprint density at radius 2 is 1.79 bits per heavy atom. The number of hydrogen-bond donors (Lipinski definition) is 1. The van der Waals surface area contributed by atoms with Gasteiger partial charge in [-0.1, -0.05) is 6.07 Å². The van der Waals surface area contributed by atoms with Crippen LogP contribution in [0.4, 0.5) is 0 Å². The van der Waals surface area contributed by atoms with E-state index in [1.165, 1.54) is 20.3 Å². The van der Waals surface area contributed by atoms with Gasteiger partial charge in [0.05, 0.1) is 14.2 Å². The highest BCUT2D eigenvalue weighted by Crippen LogP contribution is 2.36. The lowest BCUT2D eigenvalue weighted by molar-refractivity contribution is -0.146. The van der Waals surface area contributed by atoms with Gasteiger partial charge in [-0.3, -0.25) is 9.36 Å². The Hall–Kier alpha value is -3.88. The number of rotatable bonds is 7. The molecule has 1 aromatic carbocycles. The second kappa shape index (κ2) is 7.78. The van der Waals surface area contributed by atoms with Crippen molar-refractivity contribution >= 4 is 17.8 Å². The minimum Gasteiger partial charge on any atom is -0.494 e. The van der Waals surface area contributed by atoms with E-state index in [4.69, 9.17) is 19.0 Å². The van der Waals surface area contributed by atoms with Crippen LogP contribution in [0.15, 0.2) is 40.8 Å². The number of carbonyl (C=O) groups excluding carboxylic acids is 1. The maximum atomic E-state index is 11.5. The lowest BCUT2D eigenvalue weighted by Gasteiger charge is -2.15. The summed E-state index contributed by atoms with van der Waals surface area (Å²) < 4.78 is 18.1. The first-order valence-corrected chi connectivity index (χ1v) is 8.15. The molecular formula is C19H17N3O6. The largest absolute Gasteiger partial charge is 0.494 e. The van der Waals surface area contributed by atoms with Crippen LogP contribution in [0.3, 0.4) is 0 Å². The molecule has 9 nitrogen and oxygen atoms in total. The highest BCUT2D eigenvalue weighted by molar-refractivity contribution is 6.38. The van der Waals surface area contributed by atoms with Gasteiger partial charge in [0.15, 0.2) is 11.6 Å². The summed E-state index contributed by atoms with van der Waals surface area (Å²) in [5.41, 5.74) is 0.476. The number of carboxylic acids is 1. The van der Waals surface area contributed by atoms with Gasteiger partial charge in [0.25, 0.3) is 5.78 Å².